The van der Waals surface area contributed by atoms with E-state index in [1.807, 2.05) is 32.0 Å². The normalized spacial score (nSPS) is 22.9. The summed E-state index contributed by atoms with van der Waals surface area (Å²) in [6, 6.07) is 5.87. The zero-order valence-electron chi connectivity index (χ0n) is 19.4. The third-order valence-electron chi connectivity index (χ3n) is 5.68. The van der Waals surface area contributed by atoms with E-state index in [0.717, 1.165) is 20.3 Å². The number of nitrogens with one attached hydrogen (secondary N) is 1. The summed E-state index contributed by atoms with van der Waals surface area (Å²) >= 11 is 9.44. The zero-order chi connectivity index (χ0) is 25.4. The molecule has 4 N–H and O–H groups in total. The predicted octanol–water partition coefficient (Wildman–Crippen LogP) is 2.69. The molecule has 14 heteroatoms. The van der Waals surface area contributed by atoms with Crippen molar-refractivity contribution in [3.05, 3.63) is 29.8 Å². The summed E-state index contributed by atoms with van der Waals surface area (Å²) in [5.74, 6) is 1.98. The van der Waals surface area contributed by atoms with Gasteiger partial charge in [-0.25, -0.2) is 9.97 Å². The van der Waals surface area contributed by atoms with Crippen molar-refractivity contribution in [3.8, 4) is 5.75 Å². The minimum absolute atomic E-state index is 0.00498. The van der Waals surface area contributed by atoms with Crippen LogP contribution in [0.5, 0.6) is 5.75 Å². The number of imidazole rings is 1. The molecule has 5 atom stereocenters. The topological polar surface area (TPSA) is 148 Å². The lowest BCUT2D eigenvalue weighted by Gasteiger charge is -2.17. The average molecular weight is 553 g/mol. The molecule has 1 fully saturated rings. The van der Waals surface area contributed by atoms with E-state index in [1.54, 1.807) is 23.1 Å². The van der Waals surface area contributed by atoms with Crippen molar-refractivity contribution in [2.45, 2.75) is 48.8 Å². The first-order chi connectivity index (χ1) is 17.4. The van der Waals surface area contributed by atoms with E-state index < -0.39 is 31.1 Å². The Morgan fingerprint density at radius 1 is 1.28 bits per heavy atom. The molecule has 0 unspecified atom stereocenters. The van der Waals surface area contributed by atoms with Crippen molar-refractivity contribution in [1.29, 1.82) is 0 Å². The second kappa shape index (κ2) is 10.6. The van der Waals surface area contributed by atoms with Crippen molar-refractivity contribution in [2.24, 2.45) is 0 Å². The number of rotatable bonds is 9. The van der Waals surface area contributed by atoms with Crippen molar-refractivity contribution >= 4 is 61.9 Å². The number of aliphatic hydroxyl groups is 3. The van der Waals surface area contributed by atoms with Crippen LogP contribution in [0.2, 0.25) is 5.28 Å². The molecule has 36 heavy (non-hydrogen) atoms. The summed E-state index contributed by atoms with van der Waals surface area (Å²) in [5.41, 5.74) is 1.71. The molecule has 192 valence electrons. The molecule has 4 aromatic rings. The number of thioether (sulfide) groups is 1. The maximum atomic E-state index is 10.4. The van der Waals surface area contributed by atoms with Crippen molar-refractivity contribution in [3.63, 3.8) is 0 Å². The molecule has 0 bridgehead atoms. The molecular weight excluding hydrogens is 528 g/mol. The van der Waals surface area contributed by atoms with Crippen LogP contribution in [0.3, 0.4) is 0 Å². The van der Waals surface area contributed by atoms with Gasteiger partial charge in [-0.05, 0) is 43.6 Å². The van der Waals surface area contributed by atoms with Crippen LogP contribution in [0.1, 0.15) is 20.1 Å². The van der Waals surface area contributed by atoms with Crippen LogP contribution >= 0.6 is 34.7 Å². The molecule has 0 aliphatic carbocycles. The maximum absolute atomic E-state index is 10.4. The molecule has 11 nitrogen and oxygen atoms in total. The van der Waals surface area contributed by atoms with Crippen molar-refractivity contribution in [2.75, 3.05) is 24.3 Å². The number of halogens is 1. The number of anilines is 1. The fraction of sp³-hybridized carbons (Fsp3) is 0.455. The molecule has 0 radical (unpaired) electrons. The first-order valence-electron chi connectivity index (χ1n) is 11.3. The summed E-state index contributed by atoms with van der Waals surface area (Å²) in [5, 5.41) is 33.2. The van der Waals surface area contributed by atoms with E-state index in [-0.39, 0.29) is 11.3 Å². The Labute approximate surface area is 219 Å². The van der Waals surface area contributed by atoms with Gasteiger partial charge in [0.2, 0.25) is 5.28 Å². The molecule has 1 aliphatic rings. The van der Waals surface area contributed by atoms with Gasteiger partial charge in [0, 0.05) is 11.8 Å². The minimum Gasteiger partial charge on any atom is -0.494 e. The summed E-state index contributed by atoms with van der Waals surface area (Å²) < 4.78 is 14.7. The number of benzene rings is 1. The number of hydrogen-bond acceptors (Lipinski definition) is 12. The summed E-state index contributed by atoms with van der Waals surface area (Å²) in [4.78, 5) is 17.6. The minimum atomic E-state index is -1.27. The van der Waals surface area contributed by atoms with Gasteiger partial charge in [0.1, 0.15) is 24.1 Å². The third kappa shape index (κ3) is 4.96. The number of nitrogens with zero attached hydrogens (tertiary/aromatic N) is 5. The number of hydrogen-bond donors (Lipinski definition) is 4. The van der Waals surface area contributed by atoms with Crippen LogP contribution in [0.25, 0.3) is 21.4 Å². The molecule has 0 amide bonds. The van der Waals surface area contributed by atoms with Crippen LogP contribution in [0.4, 0.5) is 5.82 Å². The van der Waals surface area contributed by atoms with Crippen LogP contribution in [-0.4, -0.2) is 83.1 Å². The van der Waals surface area contributed by atoms with E-state index >= 15 is 0 Å². The Bertz CT molecular complexity index is 1370. The predicted molar refractivity (Wildman–Crippen MR) is 138 cm³/mol. The second-order valence-electron chi connectivity index (χ2n) is 8.29. The highest BCUT2D eigenvalue weighted by molar-refractivity contribution is 8.01. The van der Waals surface area contributed by atoms with Gasteiger partial charge in [-0.3, -0.25) is 4.57 Å². The van der Waals surface area contributed by atoms with Gasteiger partial charge in [0.05, 0.1) is 29.8 Å². The second-order valence-corrected chi connectivity index (χ2v) is 10.9. The standard InChI is InChI=1S/C22H25ClN6O5S2/c1-3-33-11-4-5-12-14(6-11)36-22(26-12)35-8-10(2)25-18-15-19(28-21(23)27-18)29(9-24-15)20-17(32)16(31)13(7-30)34-20/h4-6,9-10,13,16-17,20,30-32H,3,7-8H2,1-2H3,(H,25,27,28)/t10-,13-,16-,17-,20-/m1/s1. The van der Waals surface area contributed by atoms with Gasteiger partial charge < -0.3 is 30.1 Å². The van der Waals surface area contributed by atoms with Crippen LogP contribution in [0.15, 0.2) is 28.9 Å². The molecule has 0 saturated carbocycles. The van der Waals surface area contributed by atoms with E-state index in [9.17, 15) is 15.3 Å². The lowest BCUT2D eigenvalue weighted by molar-refractivity contribution is -0.0511. The maximum Gasteiger partial charge on any atom is 0.226 e. The lowest BCUT2D eigenvalue weighted by atomic mass is 10.1. The molecule has 4 heterocycles. The van der Waals surface area contributed by atoms with Crippen LogP contribution < -0.4 is 10.1 Å². The summed E-state index contributed by atoms with van der Waals surface area (Å²) in [6.45, 7) is 4.16. The SMILES string of the molecule is CCOc1ccc2nc(SC[C@@H](C)Nc3nc(Cl)nc4c3ncn4[C@@H]3O[C@H](CO)[C@@H](O)[C@H]3O)sc2c1. The van der Waals surface area contributed by atoms with Crippen LogP contribution in [-0.2, 0) is 4.74 Å². The number of fused-ring (bicyclic) bond motifs is 2. The molecule has 1 aliphatic heterocycles. The fourth-order valence-electron chi connectivity index (χ4n) is 3.96. The van der Waals surface area contributed by atoms with Gasteiger partial charge in [0.15, 0.2) is 27.5 Å². The average Bonchev–Trinajstić information content (AvgIpc) is 3.53. The van der Waals surface area contributed by atoms with E-state index in [1.165, 1.54) is 10.9 Å². The first-order valence-corrected chi connectivity index (χ1v) is 13.5. The van der Waals surface area contributed by atoms with Gasteiger partial charge >= 0.3 is 0 Å². The van der Waals surface area contributed by atoms with Crippen LogP contribution in [0, 0.1) is 0 Å². The molecule has 0 spiro atoms. The highest BCUT2D eigenvalue weighted by atomic mass is 35.5. The Kier molecular flexibility index (Phi) is 7.49. The van der Waals surface area contributed by atoms with E-state index in [2.05, 4.69) is 20.3 Å². The van der Waals surface area contributed by atoms with Gasteiger partial charge in [-0.15, -0.1) is 11.3 Å². The Hall–Kier alpha value is -2.26. The number of aliphatic hydroxyl groups excluding tert-OH is 3. The molecule has 3 aromatic heterocycles. The molecule has 1 aromatic carbocycles. The quantitative estimate of drug-likeness (QED) is 0.179. The van der Waals surface area contributed by atoms with Gasteiger partial charge in [-0.2, -0.15) is 9.97 Å². The monoisotopic (exact) mass is 552 g/mol. The number of thiazole rings is 1. The van der Waals surface area contributed by atoms with E-state index in [0.29, 0.717) is 29.3 Å². The first kappa shape index (κ1) is 25.4. The smallest absolute Gasteiger partial charge is 0.226 e. The fourth-order valence-corrected chi connectivity index (χ4v) is 6.20. The van der Waals surface area contributed by atoms with Gasteiger partial charge in [-0.1, -0.05) is 11.8 Å². The summed E-state index contributed by atoms with van der Waals surface area (Å²) in [7, 11) is 0. The van der Waals surface area contributed by atoms with Crippen molar-refractivity contribution in [1.82, 2.24) is 24.5 Å². The Balaban J connectivity index is 1.30. The zero-order valence-corrected chi connectivity index (χ0v) is 21.8. The van der Waals surface area contributed by atoms with Gasteiger partial charge in [0.25, 0.3) is 0 Å². The Morgan fingerprint density at radius 3 is 2.86 bits per heavy atom. The Morgan fingerprint density at radius 2 is 2.11 bits per heavy atom. The molecular formula is C22H25ClN6O5S2. The number of ether oxygens (including phenoxy) is 2. The summed E-state index contributed by atoms with van der Waals surface area (Å²) in [6.07, 6.45) is -2.95. The third-order valence-corrected chi connectivity index (χ3v) is 8.27. The van der Waals surface area contributed by atoms with E-state index in [4.69, 9.17) is 26.1 Å². The lowest BCUT2D eigenvalue weighted by Crippen LogP contribution is -2.33. The molecule has 1 saturated heterocycles. The highest BCUT2D eigenvalue weighted by Gasteiger charge is 2.44. The highest BCUT2D eigenvalue weighted by Crippen LogP contribution is 2.34. The molecule has 5 rings (SSSR count). The largest absolute Gasteiger partial charge is 0.494 e. The van der Waals surface area contributed by atoms with Crippen molar-refractivity contribution < 1.29 is 24.8 Å². The number of aromatic nitrogens is 5.